The molecule has 2 unspecified atom stereocenters. The lowest BCUT2D eigenvalue weighted by Crippen LogP contribution is -2.47. The summed E-state index contributed by atoms with van der Waals surface area (Å²) in [6, 6.07) is 10.7. The maximum absolute atomic E-state index is 4.44. The van der Waals surface area contributed by atoms with Crippen molar-refractivity contribution in [3.63, 3.8) is 0 Å². The second kappa shape index (κ2) is 7.32. The van der Waals surface area contributed by atoms with Crippen LogP contribution >= 0.6 is 0 Å². The van der Waals surface area contributed by atoms with Crippen LogP contribution in [-0.4, -0.2) is 37.5 Å². The predicted octanol–water partition coefficient (Wildman–Crippen LogP) is 3.10. The van der Waals surface area contributed by atoms with E-state index < -0.39 is 0 Å². The first kappa shape index (κ1) is 14.9. The Bertz CT molecular complexity index is 427. The molecule has 0 aliphatic carbocycles. The van der Waals surface area contributed by atoms with Crippen molar-refractivity contribution < 1.29 is 0 Å². The van der Waals surface area contributed by atoms with Crippen LogP contribution in [0.1, 0.15) is 38.2 Å². The number of piperidine rings is 1. The zero-order valence-corrected chi connectivity index (χ0v) is 13.0. The molecular formula is C17H27N3. The second-order valence-electron chi connectivity index (χ2n) is 5.93. The monoisotopic (exact) mass is 273 g/mol. The molecule has 110 valence electrons. The van der Waals surface area contributed by atoms with Crippen LogP contribution < -0.4 is 5.32 Å². The van der Waals surface area contributed by atoms with Crippen molar-refractivity contribution in [1.29, 1.82) is 0 Å². The van der Waals surface area contributed by atoms with Gasteiger partial charge in [0.25, 0.3) is 0 Å². The van der Waals surface area contributed by atoms with Gasteiger partial charge in [0.15, 0.2) is 5.96 Å². The first-order valence-corrected chi connectivity index (χ1v) is 7.71. The fourth-order valence-corrected chi connectivity index (χ4v) is 2.86. The Morgan fingerprint density at radius 3 is 2.80 bits per heavy atom. The Hall–Kier alpha value is -1.51. The number of aliphatic imine (C=N–C) groups is 1. The quantitative estimate of drug-likeness (QED) is 0.677. The largest absolute Gasteiger partial charge is 0.356 e. The van der Waals surface area contributed by atoms with Crippen LogP contribution in [0, 0.1) is 5.92 Å². The number of benzene rings is 1. The van der Waals surface area contributed by atoms with Gasteiger partial charge in [0.2, 0.25) is 0 Å². The molecule has 1 aromatic rings. The summed E-state index contributed by atoms with van der Waals surface area (Å²) in [7, 11) is 1.88. The summed E-state index contributed by atoms with van der Waals surface area (Å²) >= 11 is 0. The van der Waals surface area contributed by atoms with Gasteiger partial charge in [-0.15, -0.1) is 0 Å². The molecule has 3 heteroatoms. The molecular weight excluding hydrogens is 246 g/mol. The molecule has 0 bridgehead atoms. The lowest BCUT2D eigenvalue weighted by molar-refractivity contribution is 0.266. The minimum atomic E-state index is 0.496. The van der Waals surface area contributed by atoms with Crippen LogP contribution in [0.15, 0.2) is 35.3 Å². The van der Waals surface area contributed by atoms with E-state index in [1.165, 1.54) is 18.4 Å². The third kappa shape index (κ3) is 3.99. The highest BCUT2D eigenvalue weighted by atomic mass is 15.3. The lowest BCUT2D eigenvalue weighted by atomic mass is 10.0. The predicted molar refractivity (Wildman–Crippen MR) is 86.2 cm³/mol. The van der Waals surface area contributed by atoms with Gasteiger partial charge in [0, 0.05) is 26.7 Å². The van der Waals surface area contributed by atoms with Gasteiger partial charge in [0.05, 0.1) is 0 Å². The van der Waals surface area contributed by atoms with Crippen molar-refractivity contribution in [2.75, 3.05) is 26.7 Å². The van der Waals surface area contributed by atoms with E-state index in [0.717, 1.165) is 31.5 Å². The molecule has 1 aliphatic heterocycles. The van der Waals surface area contributed by atoms with Crippen molar-refractivity contribution in [3.05, 3.63) is 35.9 Å². The normalized spacial score (nSPS) is 21.6. The van der Waals surface area contributed by atoms with E-state index in [2.05, 4.69) is 59.4 Å². The van der Waals surface area contributed by atoms with Gasteiger partial charge in [-0.05, 0) is 30.2 Å². The van der Waals surface area contributed by atoms with Gasteiger partial charge >= 0.3 is 0 Å². The van der Waals surface area contributed by atoms with Crippen molar-refractivity contribution in [2.45, 2.75) is 32.6 Å². The molecule has 0 radical (unpaired) electrons. The molecule has 1 fully saturated rings. The fourth-order valence-electron chi connectivity index (χ4n) is 2.86. The first-order chi connectivity index (χ1) is 9.70. The highest BCUT2D eigenvalue weighted by Gasteiger charge is 2.19. The standard InChI is InChI=1S/C17H27N3/c1-14-8-7-11-20(13-14)17(18-3)19-12-15(2)16-9-5-4-6-10-16/h4-6,9-10,14-15H,7-8,11-13H2,1-3H3,(H,18,19). The average molecular weight is 273 g/mol. The molecule has 3 nitrogen and oxygen atoms in total. The molecule has 1 N–H and O–H groups in total. The maximum Gasteiger partial charge on any atom is 0.193 e. The number of likely N-dealkylation sites (tertiary alicyclic amines) is 1. The summed E-state index contributed by atoms with van der Waals surface area (Å²) < 4.78 is 0. The number of hydrogen-bond acceptors (Lipinski definition) is 1. The third-order valence-corrected chi connectivity index (χ3v) is 4.10. The summed E-state index contributed by atoms with van der Waals surface area (Å²) in [4.78, 5) is 6.84. The Balaban J connectivity index is 1.88. The van der Waals surface area contributed by atoms with Gasteiger partial charge in [-0.1, -0.05) is 44.2 Å². The summed E-state index contributed by atoms with van der Waals surface area (Å²) in [5.74, 6) is 2.32. The smallest absolute Gasteiger partial charge is 0.193 e. The number of hydrogen-bond donors (Lipinski definition) is 1. The minimum Gasteiger partial charge on any atom is -0.356 e. The van der Waals surface area contributed by atoms with Gasteiger partial charge in [0.1, 0.15) is 0 Å². The zero-order valence-electron chi connectivity index (χ0n) is 13.0. The number of guanidine groups is 1. The molecule has 2 rings (SSSR count). The topological polar surface area (TPSA) is 27.6 Å². The summed E-state index contributed by atoms with van der Waals surface area (Å²) in [5, 5.41) is 3.53. The van der Waals surface area contributed by atoms with E-state index in [1.807, 2.05) is 7.05 Å². The van der Waals surface area contributed by atoms with Crippen LogP contribution in [0.2, 0.25) is 0 Å². The van der Waals surface area contributed by atoms with E-state index in [-0.39, 0.29) is 0 Å². The zero-order chi connectivity index (χ0) is 14.4. The Morgan fingerprint density at radius 2 is 2.15 bits per heavy atom. The molecule has 1 aliphatic rings. The van der Waals surface area contributed by atoms with Crippen molar-refractivity contribution in [3.8, 4) is 0 Å². The third-order valence-electron chi connectivity index (χ3n) is 4.10. The van der Waals surface area contributed by atoms with Crippen LogP contribution in [-0.2, 0) is 0 Å². The van der Waals surface area contributed by atoms with Crippen molar-refractivity contribution >= 4 is 5.96 Å². The highest BCUT2D eigenvalue weighted by molar-refractivity contribution is 5.80. The van der Waals surface area contributed by atoms with Crippen LogP contribution in [0.4, 0.5) is 0 Å². The highest BCUT2D eigenvalue weighted by Crippen LogP contribution is 2.16. The van der Waals surface area contributed by atoms with E-state index in [0.29, 0.717) is 5.92 Å². The number of nitrogens with zero attached hydrogens (tertiary/aromatic N) is 2. The summed E-state index contributed by atoms with van der Waals surface area (Å²) in [5.41, 5.74) is 1.38. The molecule has 0 aromatic heterocycles. The van der Waals surface area contributed by atoms with Crippen molar-refractivity contribution in [1.82, 2.24) is 10.2 Å². The van der Waals surface area contributed by atoms with Gasteiger partial charge < -0.3 is 10.2 Å². The molecule has 0 saturated carbocycles. The average Bonchev–Trinajstić information content (AvgIpc) is 2.48. The second-order valence-corrected chi connectivity index (χ2v) is 5.93. The Morgan fingerprint density at radius 1 is 1.40 bits per heavy atom. The van der Waals surface area contributed by atoms with Gasteiger partial charge in [-0.2, -0.15) is 0 Å². The molecule has 1 aromatic carbocycles. The minimum absolute atomic E-state index is 0.496. The van der Waals surface area contributed by atoms with Crippen LogP contribution in [0.3, 0.4) is 0 Å². The summed E-state index contributed by atoms with van der Waals surface area (Å²) in [6.07, 6.45) is 2.62. The first-order valence-electron chi connectivity index (χ1n) is 7.71. The van der Waals surface area contributed by atoms with Crippen LogP contribution in [0.5, 0.6) is 0 Å². The maximum atomic E-state index is 4.44. The molecule has 1 saturated heterocycles. The Labute approximate surface area is 123 Å². The van der Waals surface area contributed by atoms with E-state index in [1.54, 1.807) is 0 Å². The summed E-state index contributed by atoms with van der Waals surface area (Å²) in [6.45, 7) is 7.77. The molecule has 1 heterocycles. The number of nitrogens with one attached hydrogen (secondary N) is 1. The fraction of sp³-hybridized carbons (Fsp3) is 0.588. The molecule has 0 amide bonds. The molecule has 20 heavy (non-hydrogen) atoms. The SMILES string of the molecule is CN=C(NCC(C)c1ccccc1)N1CCCC(C)C1. The van der Waals surface area contributed by atoms with E-state index in [9.17, 15) is 0 Å². The van der Waals surface area contributed by atoms with E-state index >= 15 is 0 Å². The van der Waals surface area contributed by atoms with Gasteiger partial charge in [-0.3, -0.25) is 4.99 Å². The van der Waals surface area contributed by atoms with E-state index in [4.69, 9.17) is 0 Å². The van der Waals surface area contributed by atoms with Crippen LogP contribution in [0.25, 0.3) is 0 Å². The molecule has 2 atom stereocenters. The molecule has 0 spiro atoms. The van der Waals surface area contributed by atoms with Gasteiger partial charge in [-0.25, -0.2) is 0 Å². The Kier molecular flexibility index (Phi) is 5.45. The number of rotatable bonds is 3. The lowest BCUT2D eigenvalue weighted by Gasteiger charge is -2.34. The van der Waals surface area contributed by atoms with Crippen molar-refractivity contribution in [2.24, 2.45) is 10.9 Å².